The van der Waals surface area contributed by atoms with Crippen LogP contribution in [0.25, 0.3) is 0 Å². The van der Waals surface area contributed by atoms with Crippen molar-refractivity contribution in [3.05, 3.63) is 39.7 Å². The fraction of sp³-hybridized carbons (Fsp3) is 0.600. The Balaban J connectivity index is 0.00000242. The minimum Gasteiger partial charge on any atom is -0.317 e. The van der Waals surface area contributed by atoms with Crippen LogP contribution in [0.1, 0.15) is 25.3 Å². The maximum atomic E-state index is 13.3. The average Bonchev–Trinajstić information content (AvgIpc) is 2.46. The molecule has 1 aromatic carbocycles. The molecule has 2 rings (SSSR count). The van der Waals surface area contributed by atoms with Gasteiger partial charge in [0, 0.05) is 18.2 Å². The lowest BCUT2D eigenvalue weighted by atomic mass is 9.96. The number of hydrogen-bond acceptors (Lipinski definition) is 4. The first-order valence-corrected chi connectivity index (χ1v) is 7.46. The molecule has 1 saturated heterocycles. The number of nitro groups is 1. The largest absolute Gasteiger partial charge is 0.317 e. The van der Waals surface area contributed by atoms with Gasteiger partial charge in [-0.3, -0.25) is 15.0 Å². The lowest BCUT2D eigenvalue weighted by molar-refractivity contribution is -0.385. The van der Waals surface area contributed by atoms with Gasteiger partial charge in [-0.25, -0.2) is 4.39 Å². The fourth-order valence-electron chi connectivity index (χ4n) is 2.80. The zero-order valence-corrected chi connectivity index (χ0v) is 13.6. The van der Waals surface area contributed by atoms with Crippen LogP contribution in [0.15, 0.2) is 18.2 Å². The van der Waals surface area contributed by atoms with E-state index in [1.807, 2.05) is 0 Å². The van der Waals surface area contributed by atoms with Gasteiger partial charge in [0.15, 0.2) is 0 Å². The van der Waals surface area contributed by atoms with E-state index in [0.29, 0.717) is 18.0 Å². The van der Waals surface area contributed by atoms with Crippen LogP contribution in [0.5, 0.6) is 0 Å². The standard InChI is InChI=1S/C15H22FN3O2.ClH/c1-2-17-10-12-5-7-18(8-6-12)11-13-9-14(16)3-4-15(13)19(20)21;/h3-4,9,12,17H,2,5-8,10-11H2,1H3;1H. The Labute approximate surface area is 136 Å². The van der Waals surface area contributed by atoms with E-state index >= 15 is 0 Å². The molecule has 0 radical (unpaired) electrons. The van der Waals surface area contributed by atoms with Crippen LogP contribution in [-0.2, 0) is 6.54 Å². The maximum absolute atomic E-state index is 13.3. The summed E-state index contributed by atoms with van der Waals surface area (Å²) in [4.78, 5) is 12.7. The normalized spacial score (nSPS) is 16.3. The smallest absolute Gasteiger partial charge is 0.274 e. The molecule has 1 aromatic rings. The highest BCUT2D eigenvalue weighted by atomic mass is 35.5. The second-order valence-electron chi connectivity index (χ2n) is 5.56. The Morgan fingerprint density at radius 3 is 2.68 bits per heavy atom. The molecule has 0 bridgehead atoms. The molecule has 5 nitrogen and oxygen atoms in total. The maximum Gasteiger partial charge on any atom is 0.274 e. The van der Waals surface area contributed by atoms with Crippen molar-refractivity contribution in [3.8, 4) is 0 Å². The van der Waals surface area contributed by atoms with Crippen LogP contribution in [-0.4, -0.2) is 36.0 Å². The third kappa shape index (κ3) is 5.19. The molecule has 1 aliphatic heterocycles. The van der Waals surface area contributed by atoms with E-state index in [0.717, 1.165) is 45.1 Å². The second-order valence-corrected chi connectivity index (χ2v) is 5.56. The molecule has 1 heterocycles. The van der Waals surface area contributed by atoms with Crippen LogP contribution in [0.4, 0.5) is 10.1 Å². The monoisotopic (exact) mass is 331 g/mol. The predicted molar refractivity (Wildman–Crippen MR) is 86.8 cm³/mol. The van der Waals surface area contributed by atoms with E-state index in [-0.39, 0.29) is 18.1 Å². The molecule has 0 spiro atoms. The van der Waals surface area contributed by atoms with Crippen molar-refractivity contribution in [1.29, 1.82) is 0 Å². The number of nitrogens with zero attached hydrogens (tertiary/aromatic N) is 2. The van der Waals surface area contributed by atoms with Crippen molar-refractivity contribution in [2.45, 2.75) is 26.3 Å². The molecule has 0 unspecified atom stereocenters. The van der Waals surface area contributed by atoms with Crippen molar-refractivity contribution in [2.75, 3.05) is 26.2 Å². The van der Waals surface area contributed by atoms with Gasteiger partial charge < -0.3 is 5.32 Å². The SMILES string of the molecule is CCNCC1CCN(Cc2cc(F)ccc2[N+](=O)[O-])CC1.Cl. The number of likely N-dealkylation sites (tertiary alicyclic amines) is 1. The van der Waals surface area contributed by atoms with E-state index in [1.54, 1.807) is 0 Å². The Bertz CT molecular complexity index is 494. The van der Waals surface area contributed by atoms with Gasteiger partial charge in [-0.15, -0.1) is 12.4 Å². The summed E-state index contributed by atoms with van der Waals surface area (Å²) < 4.78 is 13.3. The molecule has 1 fully saturated rings. The molecule has 1 N–H and O–H groups in total. The summed E-state index contributed by atoms with van der Waals surface area (Å²) in [6, 6.07) is 3.68. The van der Waals surface area contributed by atoms with E-state index in [4.69, 9.17) is 0 Å². The van der Waals surface area contributed by atoms with Gasteiger partial charge in [0.25, 0.3) is 5.69 Å². The van der Waals surface area contributed by atoms with Gasteiger partial charge in [0.1, 0.15) is 5.82 Å². The highest BCUT2D eigenvalue weighted by Gasteiger charge is 2.22. The van der Waals surface area contributed by atoms with Crippen molar-refractivity contribution in [2.24, 2.45) is 5.92 Å². The number of nitrogens with one attached hydrogen (secondary N) is 1. The number of hydrogen-bond donors (Lipinski definition) is 1. The number of nitro benzene ring substituents is 1. The summed E-state index contributed by atoms with van der Waals surface area (Å²) >= 11 is 0. The molecular weight excluding hydrogens is 309 g/mol. The molecule has 7 heteroatoms. The van der Waals surface area contributed by atoms with E-state index < -0.39 is 10.7 Å². The topological polar surface area (TPSA) is 58.4 Å². The third-order valence-electron chi connectivity index (χ3n) is 4.02. The van der Waals surface area contributed by atoms with Crippen LogP contribution >= 0.6 is 12.4 Å². The van der Waals surface area contributed by atoms with Crippen molar-refractivity contribution in [3.63, 3.8) is 0 Å². The summed E-state index contributed by atoms with van der Waals surface area (Å²) in [5.74, 6) is 0.251. The molecule has 0 atom stereocenters. The van der Waals surface area contributed by atoms with Crippen LogP contribution in [0.3, 0.4) is 0 Å². The minimum absolute atomic E-state index is 0. The Kier molecular flexibility index (Phi) is 7.72. The van der Waals surface area contributed by atoms with Crippen LogP contribution in [0.2, 0.25) is 0 Å². The van der Waals surface area contributed by atoms with Gasteiger partial charge in [-0.05, 0) is 57.1 Å². The Morgan fingerprint density at radius 1 is 1.41 bits per heavy atom. The molecule has 0 aliphatic carbocycles. The van der Waals surface area contributed by atoms with Crippen molar-refractivity contribution < 1.29 is 9.31 Å². The molecular formula is C15H23ClFN3O2. The summed E-state index contributed by atoms with van der Waals surface area (Å²) in [5, 5.41) is 14.4. The lowest BCUT2D eigenvalue weighted by Crippen LogP contribution is -2.37. The molecule has 0 saturated carbocycles. The zero-order valence-electron chi connectivity index (χ0n) is 12.8. The van der Waals surface area contributed by atoms with Gasteiger partial charge in [-0.2, -0.15) is 0 Å². The molecule has 22 heavy (non-hydrogen) atoms. The predicted octanol–water partition coefficient (Wildman–Crippen LogP) is 2.98. The Morgan fingerprint density at radius 2 is 2.09 bits per heavy atom. The van der Waals surface area contributed by atoms with Gasteiger partial charge in [0.2, 0.25) is 0 Å². The summed E-state index contributed by atoms with van der Waals surface area (Å²) in [6.45, 7) is 6.37. The first-order chi connectivity index (χ1) is 10.1. The molecule has 0 amide bonds. The van der Waals surface area contributed by atoms with Crippen LogP contribution < -0.4 is 5.32 Å². The van der Waals surface area contributed by atoms with E-state index in [1.165, 1.54) is 12.1 Å². The number of benzene rings is 1. The number of rotatable bonds is 6. The van der Waals surface area contributed by atoms with Gasteiger partial charge in [0.05, 0.1) is 4.92 Å². The summed E-state index contributed by atoms with van der Waals surface area (Å²) in [5.41, 5.74) is 0.469. The van der Waals surface area contributed by atoms with Gasteiger partial charge in [-0.1, -0.05) is 6.92 Å². The highest BCUT2D eigenvalue weighted by molar-refractivity contribution is 5.85. The second kappa shape index (κ2) is 9.02. The highest BCUT2D eigenvalue weighted by Crippen LogP contribution is 2.24. The van der Waals surface area contributed by atoms with Crippen molar-refractivity contribution in [1.82, 2.24) is 10.2 Å². The van der Waals surface area contributed by atoms with Crippen molar-refractivity contribution >= 4 is 18.1 Å². The quantitative estimate of drug-likeness (QED) is 0.643. The fourth-order valence-corrected chi connectivity index (χ4v) is 2.80. The molecule has 1 aliphatic rings. The first kappa shape index (κ1) is 18.8. The number of piperidine rings is 1. The molecule has 124 valence electrons. The summed E-state index contributed by atoms with van der Waals surface area (Å²) in [6.07, 6.45) is 2.16. The first-order valence-electron chi connectivity index (χ1n) is 7.46. The van der Waals surface area contributed by atoms with Gasteiger partial charge >= 0.3 is 0 Å². The Hall–Kier alpha value is -1.24. The lowest BCUT2D eigenvalue weighted by Gasteiger charge is -2.31. The van der Waals surface area contributed by atoms with E-state index in [2.05, 4.69) is 17.1 Å². The third-order valence-corrected chi connectivity index (χ3v) is 4.02. The average molecular weight is 332 g/mol. The summed E-state index contributed by atoms with van der Waals surface area (Å²) in [7, 11) is 0. The van der Waals surface area contributed by atoms with E-state index in [9.17, 15) is 14.5 Å². The molecule has 0 aromatic heterocycles. The zero-order chi connectivity index (χ0) is 15.2. The minimum atomic E-state index is -0.438. The van der Waals surface area contributed by atoms with Crippen LogP contribution in [0, 0.1) is 21.8 Å². The number of halogens is 2.